The molecule has 84 valence electrons. The minimum atomic E-state index is 0.368. The molecule has 1 aromatic rings. The van der Waals surface area contributed by atoms with Gasteiger partial charge in [0.05, 0.1) is 6.61 Å². The predicted octanol–water partition coefficient (Wildman–Crippen LogP) is 3.00. The van der Waals surface area contributed by atoms with E-state index < -0.39 is 0 Å². The average Bonchev–Trinajstić information content (AvgIpc) is 2.25. The topological polar surface area (TPSA) is 21.3 Å². The summed E-state index contributed by atoms with van der Waals surface area (Å²) >= 11 is 0. The summed E-state index contributed by atoms with van der Waals surface area (Å²) in [5, 5.41) is 3.22. The van der Waals surface area contributed by atoms with E-state index in [9.17, 15) is 0 Å². The van der Waals surface area contributed by atoms with Gasteiger partial charge in [0.25, 0.3) is 0 Å². The number of ether oxygens (including phenoxy) is 1. The third-order valence-electron chi connectivity index (χ3n) is 2.37. The molecule has 0 saturated carbocycles. The Balaban J connectivity index is 2.65. The first-order valence-electron chi connectivity index (χ1n) is 5.53. The Morgan fingerprint density at radius 3 is 2.60 bits per heavy atom. The summed E-state index contributed by atoms with van der Waals surface area (Å²) in [5.74, 6) is 1.53. The maximum Gasteiger partial charge on any atom is 0.119 e. The molecule has 0 aliphatic carbocycles. The van der Waals surface area contributed by atoms with E-state index in [1.165, 1.54) is 5.56 Å². The molecule has 0 spiro atoms. The molecule has 0 bridgehead atoms. The second-order valence-electron chi connectivity index (χ2n) is 4.29. The molecule has 1 atom stereocenters. The molecule has 2 nitrogen and oxygen atoms in total. The fraction of sp³-hybridized carbons (Fsp3) is 0.538. The van der Waals surface area contributed by atoms with Crippen LogP contribution in [0.2, 0.25) is 0 Å². The summed E-state index contributed by atoms with van der Waals surface area (Å²) in [5.41, 5.74) is 1.26. The Kier molecular flexibility index (Phi) is 4.63. The van der Waals surface area contributed by atoms with Crippen LogP contribution in [0.1, 0.15) is 32.4 Å². The fourth-order valence-corrected chi connectivity index (χ4v) is 1.30. The molecule has 0 radical (unpaired) electrons. The highest BCUT2D eigenvalue weighted by atomic mass is 16.5. The summed E-state index contributed by atoms with van der Waals surface area (Å²) in [6, 6.07) is 8.63. The van der Waals surface area contributed by atoms with E-state index in [4.69, 9.17) is 4.74 Å². The van der Waals surface area contributed by atoms with E-state index >= 15 is 0 Å². The molecule has 0 aliphatic rings. The molecule has 1 N–H and O–H groups in total. The Labute approximate surface area is 92.6 Å². The van der Waals surface area contributed by atoms with Crippen LogP contribution in [0.25, 0.3) is 0 Å². The van der Waals surface area contributed by atoms with Crippen molar-refractivity contribution in [2.45, 2.75) is 26.8 Å². The largest absolute Gasteiger partial charge is 0.493 e. The minimum Gasteiger partial charge on any atom is -0.493 e. The SMILES string of the molecule is CN[C@@H](C)c1cccc(OCC(C)C)c1. The predicted molar refractivity (Wildman–Crippen MR) is 64.2 cm³/mol. The van der Waals surface area contributed by atoms with Gasteiger partial charge in [-0.1, -0.05) is 26.0 Å². The van der Waals surface area contributed by atoms with Gasteiger partial charge in [-0.25, -0.2) is 0 Å². The van der Waals surface area contributed by atoms with Crippen LogP contribution in [-0.2, 0) is 0 Å². The van der Waals surface area contributed by atoms with Gasteiger partial charge < -0.3 is 10.1 Å². The highest BCUT2D eigenvalue weighted by Crippen LogP contribution is 2.19. The maximum atomic E-state index is 5.67. The Morgan fingerprint density at radius 2 is 2.00 bits per heavy atom. The van der Waals surface area contributed by atoms with Crippen molar-refractivity contribution in [1.29, 1.82) is 0 Å². The van der Waals surface area contributed by atoms with Gasteiger partial charge in [-0.2, -0.15) is 0 Å². The smallest absolute Gasteiger partial charge is 0.119 e. The van der Waals surface area contributed by atoms with Gasteiger partial charge in [0, 0.05) is 6.04 Å². The van der Waals surface area contributed by atoms with Gasteiger partial charge in [-0.3, -0.25) is 0 Å². The number of hydrogen-bond acceptors (Lipinski definition) is 2. The lowest BCUT2D eigenvalue weighted by molar-refractivity contribution is 0.270. The summed E-state index contributed by atoms with van der Waals surface area (Å²) in [6.45, 7) is 7.22. The van der Waals surface area contributed by atoms with Crippen molar-refractivity contribution in [1.82, 2.24) is 5.32 Å². The van der Waals surface area contributed by atoms with Crippen LogP contribution in [0, 0.1) is 5.92 Å². The summed E-state index contributed by atoms with van der Waals surface area (Å²) < 4.78 is 5.67. The maximum absolute atomic E-state index is 5.67. The van der Waals surface area contributed by atoms with Crippen LogP contribution < -0.4 is 10.1 Å². The van der Waals surface area contributed by atoms with Crippen LogP contribution in [-0.4, -0.2) is 13.7 Å². The molecular formula is C13H21NO. The second kappa shape index (κ2) is 5.76. The monoisotopic (exact) mass is 207 g/mol. The van der Waals surface area contributed by atoms with Crippen molar-refractivity contribution in [2.75, 3.05) is 13.7 Å². The van der Waals surface area contributed by atoms with Crippen LogP contribution in [0.15, 0.2) is 24.3 Å². The van der Waals surface area contributed by atoms with Crippen molar-refractivity contribution in [2.24, 2.45) is 5.92 Å². The van der Waals surface area contributed by atoms with Crippen molar-refractivity contribution in [3.8, 4) is 5.75 Å². The van der Waals surface area contributed by atoms with Gasteiger partial charge in [-0.05, 0) is 37.6 Å². The number of benzene rings is 1. The molecule has 0 saturated heterocycles. The lowest BCUT2D eigenvalue weighted by atomic mass is 10.1. The van der Waals surface area contributed by atoms with E-state index in [0.29, 0.717) is 12.0 Å². The molecule has 1 aromatic carbocycles. The van der Waals surface area contributed by atoms with Gasteiger partial charge in [-0.15, -0.1) is 0 Å². The third-order valence-corrected chi connectivity index (χ3v) is 2.37. The Morgan fingerprint density at radius 1 is 1.27 bits per heavy atom. The number of nitrogens with one attached hydrogen (secondary N) is 1. The average molecular weight is 207 g/mol. The van der Waals surface area contributed by atoms with Crippen molar-refractivity contribution in [3.63, 3.8) is 0 Å². The third kappa shape index (κ3) is 3.92. The molecule has 0 aliphatic heterocycles. The van der Waals surface area contributed by atoms with E-state index in [0.717, 1.165) is 12.4 Å². The molecule has 0 heterocycles. The lowest BCUT2D eigenvalue weighted by Crippen LogP contribution is -2.12. The molecular weight excluding hydrogens is 186 g/mol. The van der Waals surface area contributed by atoms with E-state index in [2.05, 4.69) is 38.2 Å². The van der Waals surface area contributed by atoms with Gasteiger partial charge in [0.1, 0.15) is 5.75 Å². The lowest BCUT2D eigenvalue weighted by Gasteiger charge is -2.13. The van der Waals surface area contributed by atoms with Crippen LogP contribution in [0.4, 0.5) is 0 Å². The highest BCUT2D eigenvalue weighted by Gasteiger charge is 2.03. The Bertz CT molecular complexity index is 296. The molecule has 0 amide bonds. The first kappa shape index (κ1) is 12.1. The van der Waals surface area contributed by atoms with Gasteiger partial charge in [0.15, 0.2) is 0 Å². The molecule has 0 aromatic heterocycles. The standard InChI is InChI=1S/C13H21NO/c1-10(2)9-15-13-7-5-6-12(8-13)11(3)14-4/h5-8,10-11,14H,9H2,1-4H3/t11-/m0/s1. The highest BCUT2D eigenvalue weighted by molar-refractivity contribution is 5.30. The van der Waals surface area contributed by atoms with Crippen molar-refractivity contribution >= 4 is 0 Å². The first-order chi connectivity index (χ1) is 7.13. The molecule has 2 heteroatoms. The van der Waals surface area contributed by atoms with E-state index in [1.54, 1.807) is 0 Å². The zero-order valence-corrected chi connectivity index (χ0v) is 10.1. The van der Waals surface area contributed by atoms with E-state index in [1.807, 2.05) is 19.2 Å². The normalized spacial score (nSPS) is 12.9. The second-order valence-corrected chi connectivity index (χ2v) is 4.29. The summed E-state index contributed by atoms with van der Waals surface area (Å²) in [4.78, 5) is 0. The van der Waals surface area contributed by atoms with Crippen LogP contribution in [0.5, 0.6) is 5.75 Å². The van der Waals surface area contributed by atoms with E-state index in [-0.39, 0.29) is 0 Å². The first-order valence-corrected chi connectivity index (χ1v) is 5.53. The zero-order valence-electron chi connectivity index (χ0n) is 10.1. The summed E-state index contributed by atoms with van der Waals surface area (Å²) in [6.07, 6.45) is 0. The molecule has 0 unspecified atom stereocenters. The van der Waals surface area contributed by atoms with Crippen LogP contribution >= 0.6 is 0 Å². The Hall–Kier alpha value is -1.02. The van der Waals surface area contributed by atoms with Crippen molar-refractivity contribution in [3.05, 3.63) is 29.8 Å². The quantitative estimate of drug-likeness (QED) is 0.801. The number of rotatable bonds is 5. The fourth-order valence-electron chi connectivity index (χ4n) is 1.30. The number of hydrogen-bond donors (Lipinski definition) is 1. The minimum absolute atomic E-state index is 0.368. The summed E-state index contributed by atoms with van der Waals surface area (Å²) in [7, 11) is 1.96. The zero-order chi connectivity index (χ0) is 11.3. The molecule has 0 fully saturated rings. The van der Waals surface area contributed by atoms with Crippen molar-refractivity contribution < 1.29 is 4.74 Å². The van der Waals surface area contributed by atoms with Gasteiger partial charge in [0.2, 0.25) is 0 Å². The van der Waals surface area contributed by atoms with Gasteiger partial charge >= 0.3 is 0 Å². The molecule has 1 rings (SSSR count). The van der Waals surface area contributed by atoms with Crippen LogP contribution in [0.3, 0.4) is 0 Å². The molecule has 15 heavy (non-hydrogen) atoms.